The molecule has 106 valence electrons. The minimum Gasteiger partial charge on any atom is -0.481 e. The molecule has 0 bridgehead atoms. The maximum Gasteiger partial charge on any atom is 0.277 e. The van der Waals surface area contributed by atoms with E-state index < -0.39 is 31.0 Å². The van der Waals surface area contributed by atoms with Crippen molar-refractivity contribution in [1.29, 1.82) is 0 Å². The Bertz CT molecular complexity index is 438. The number of carbonyl (C=O) groups excluding carboxylic acids is 1. The molecule has 1 rings (SSSR count). The average Bonchev–Trinajstić information content (AvgIpc) is 2.36. The Morgan fingerprint density at radius 2 is 2.21 bits per heavy atom. The number of aryl methyl sites for hydroxylation is 1. The molecule has 0 fully saturated rings. The summed E-state index contributed by atoms with van der Waals surface area (Å²) in [6.45, 7) is 1.79. The van der Waals surface area contributed by atoms with Crippen LogP contribution < -0.4 is 15.8 Å². The number of carbonyl (C=O) groups is 1. The van der Waals surface area contributed by atoms with Gasteiger partial charge in [0.15, 0.2) is 6.10 Å². The van der Waals surface area contributed by atoms with Gasteiger partial charge in [-0.3, -0.25) is 4.79 Å². The van der Waals surface area contributed by atoms with E-state index in [-0.39, 0.29) is 0 Å². The van der Waals surface area contributed by atoms with Gasteiger partial charge in [0.1, 0.15) is 5.75 Å². The fraction of sp³-hybridized carbons (Fsp3) is 0.462. The molecule has 0 radical (unpaired) electrons. The highest BCUT2D eigenvalue weighted by molar-refractivity contribution is 5.80. The number of ether oxygens (including phenoxy) is 1. The second-order valence-corrected chi connectivity index (χ2v) is 4.35. The van der Waals surface area contributed by atoms with Gasteiger partial charge >= 0.3 is 0 Å². The molecule has 0 heterocycles. The van der Waals surface area contributed by atoms with Gasteiger partial charge in [-0.2, -0.15) is 0 Å². The van der Waals surface area contributed by atoms with Gasteiger partial charge < -0.3 is 15.8 Å². The summed E-state index contributed by atoms with van der Waals surface area (Å²) >= 11 is 0. The largest absolute Gasteiger partial charge is 0.481 e. The third kappa shape index (κ3) is 5.21. The summed E-state index contributed by atoms with van der Waals surface area (Å²) in [6.07, 6.45) is -0.852. The lowest BCUT2D eigenvalue weighted by Crippen LogP contribution is -2.45. The molecule has 6 heteroatoms. The van der Waals surface area contributed by atoms with Crippen molar-refractivity contribution in [2.24, 2.45) is 5.73 Å². The molecule has 4 nitrogen and oxygen atoms in total. The van der Waals surface area contributed by atoms with E-state index in [0.717, 1.165) is 5.56 Å². The van der Waals surface area contributed by atoms with E-state index in [4.69, 9.17) is 10.5 Å². The maximum atomic E-state index is 12.9. The molecule has 1 amide bonds. The Morgan fingerprint density at radius 1 is 1.53 bits per heavy atom. The van der Waals surface area contributed by atoms with E-state index >= 15 is 0 Å². The smallest absolute Gasteiger partial charge is 0.277 e. The zero-order valence-corrected chi connectivity index (χ0v) is 11.0. The molecule has 19 heavy (non-hydrogen) atoms. The molecule has 0 aliphatic carbocycles. The van der Waals surface area contributed by atoms with Gasteiger partial charge in [0.05, 0.1) is 13.1 Å². The first kappa shape index (κ1) is 15.4. The maximum absolute atomic E-state index is 12.9. The number of rotatable bonds is 6. The van der Waals surface area contributed by atoms with Crippen LogP contribution in [0.3, 0.4) is 0 Å². The van der Waals surface area contributed by atoms with Crippen molar-refractivity contribution in [2.45, 2.75) is 25.9 Å². The van der Waals surface area contributed by atoms with Crippen molar-refractivity contribution in [3.8, 4) is 5.75 Å². The quantitative estimate of drug-likeness (QED) is 0.824. The Hall–Kier alpha value is -1.69. The van der Waals surface area contributed by atoms with Crippen molar-refractivity contribution in [1.82, 2.24) is 5.32 Å². The second-order valence-electron chi connectivity index (χ2n) is 4.35. The van der Waals surface area contributed by atoms with Crippen LogP contribution in [0.5, 0.6) is 5.75 Å². The Morgan fingerprint density at radius 3 is 2.79 bits per heavy atom. The molecule has 0 aliphatic heterocycles. The number of amides is 1. The molecule has 0 aromatic heterocycles. The number of halogens is 2. The number of hydrogen-bond acceptors (Lipinski definition) is 3. The molecule has 0 saturated heterocycles. The van der Waals surface area contributed by atoms with Crippen molar-refractivity contribution >= 4 is 5.91 Å². The van der Waals surface area contributed by atoms with Crippen molar-refractivity contribution in [3.63, 3.8) is 0 Å². The molecule has 3 N–H and O–H groups in total. The average molecular weight is 272 g/mol. The van der Waals surface area contributed by atoms with E-state index in [0.29, 0.717) is 5.75 Å². The first-order valence-corrected chi connectivity index (χ1v) is 5.93. The molecule has 1 aromatic rings. The predicted molar refractivity (Wildman–Crippen MR) is 68.3 cm³/mol. The Kier molecular flexibility index (Phi) is 5.23. The normalized spacial score (nSPS) is 12.9. The van der Waals surface area contributed by atoms with Crippen LogP contribution in [0.25, 0.3) is 0 Å². The van der Waals surface area contributed by atoms with Crippen LogP contribution in [0.2, 0.25) is 0 Å². The van der Waals surface area contributed by atoms with E-state index in [2.05, 4.69) is 5.32 Å². The van der Waals surface area contributed by atoms with E-state index in [1.54, 1.807) is 18.2 Å². The number of alkyl halides is 2. The molecular weight excluding hydrogens is 254 g/mol. The van der Waals surface area contributed by atoms with Crippen LogP contribution in [0.1, 0.15) is 12.5 Å². The summed E-state index contributed by atoms with van der Waals surface area (Å²) in [5.74, 6) is -3.18. The summed E-state index contributed by atoms with van der Waals surface area (Å²) in [6, 6.07) is 7.14. The lowest BCUT2D eigenvalue weighted by atomic mass is 10.2. The van der Waals surface area contributed by atoms with Crippen molar-refractivity contribution < 1.29 is 18.3 Å². The first-order valence-electron chi connectivity index (χ1n) is 5.93. The highest BCUT2D eigenvalue weighted by atomic mass is 19.3. The molecule has 1 unspecified atom stereocenters. The monoisotopic (exact) mass is 272 g/mol. The fourth-order valence-electron chi connectivity index (χ4n) is 1.38. The first-order chi connectivity index (χ1) is 8.84. The van der Waals surface area contributed by atoms with Gasteiger partial charge in [-0.15, -0.1) is 0 Å². The van der Waals surface area contributed by atoms with Gasteiger partial charge in [-0.1, -0.05) is 12.1 Å². The van der Waals surface area contributed by atoms with Crippen LogP contribution in [-0.4, -0.2) is 31.0 Å². The van der Waals surface area contributed by atoms with Crippen molar-refractivity contribution in [3.05, 3.63) is 29.8 Å². The predicted octanol–water partition coefficient (Wildman–Crippen LogP) is 1.47. The minimum absolute atomic E-state index is 0.522. The molecule has 1 atom stereocenters. The highest BCUT2D eigenvalue weighted by Crippen LogP contribution is 2.14. The van der Waals surface area contributed by atoms with E-state index in [9.17, 15) is 13.6 Å². The number of nitrogens with one attached hydrogen (secondary N) is 1. The number of nitrogens with two attached hydrogens (primary N) is 1. The van der Waals surface area contributed by atoms with Crippen LogP contribution in [0, 0.1) is 6.92 Å². The minimum atomic E-state index is -3.10. The lowest BCUT2D eigenvalue weighted by Gasteiger charge is -2.18. The molecule has 1 aromatic carbocycles. The van der Waals surface area contributed by atoms with Crippen LogP contribution in [0.15, 0.2) is 24.3 Å². The highest BCUT2D eigenvalue weighted by Gasteiger charge is 2.28. The molecule has 0 saturated carbocycles. The second kappa shape index (κ2) is 6.47. The summed E-state index contributed by atoms with van der Waals surface area (Å²) < 4.78 is 31.1. The van der Waals surface area contributed by atoms with Gasteiger partial charge in [-0.05, 0) is 31.5 Å². The van der Waals surface area contributed by atoms with E-state index in [1.165, 1.54) is 6.92 Å². The molecular formula is C13H18F2N2O2. The van der Waals surface area contributed by atoms with Crippen LogP contribution >= 0.6 is 0 Å². The zero-order chi connectivity index (χ0) is 14.5. The SMILES string of the molecule is Cc1cccc(OC(C)C(=O)NCC(F)(F)CN)c1. The summed E-state index contributed by atoms with van der Waals surface area (Å²) in [4.78, 5) is 11.6. The standard InChI is InChI=1S/C13H18F2N2O2/c1-9-4-3-5-11(6-9)19-10(2)12(18)17-8-13(14,15)7-16/h3-6,10H,7-8,16H2,1-2H3,(H,17,18). The third-order valence-corrected chi connectivity index (χ3v) is 2.49. The molecule has 0 spiro atoms. The van der Waals surface area contributed by atoms with Gasteiger partial charge in [0, 0.05) is 0 Å². The van der Waals surface area contributed by atoms with Crippen molar-refractivity contribution in [2.75, 3.05) is 13.1 Å². The van der Waals surface area contributed by atoms with Gasteiger partial charge in [0.25, 0.3) is 11.8 Å². The van der Waals surface area contributed by atoms with Gasteiger partial charge in [-0.25, -0.2) is 8.78 Å². The third-order valence-electron chi connectivity index (χ3n) is 2.49. The number of hydrogen-bond donors (Lipinski definition) is 2. The summed E-state index contributed by atoms with van der Waals surface area (Å²) in [5.41, 5.74) is 5.86. The Labute approximate surface area is 110 Å². The summed E-state index contributed by atoms with van der Waals surface area (Å²) in [5, 5.41) is 2.11. The molecule has 0 aliphatic rings. The fourth-order valence-corrected chi connectivity index (χ4v) is 1.38. The Balaban J connectivity index is 2.49. The van der Waals surface area contributed by atoms with Crippen LogP contribution in [-0.2, 0) is 4.79 Å². The van der Waals surface area contributed by atoms with E-state index in [1.807, 2.05) is 13.0 Å². The zero-order valence-electron chi connectivity index (χ0n) is 11.0. The number of benzene rings is 1. The lowest BCUT2D eigenvalue weighted by molar-refractivity contribution is -0.129. The van der Waals surface area contributed by atoms with Crippen LogP contribution in [0.4, 0.5) is 8.78 Å². The van der Waals surface area contributed by atoms with Gasteiger partial charge in [0.2, 0.25) is 0 Å². The topological polar surface area (TPSA) is 64.3 Å². The summed E-state index contributed by atoms with van der Waals surface area (Å²) in [7, 11) is 0.